The lowest BCUT2D eigenvalue weighted by molar-refractivity contribution is 1.16. The van der Waals surface area contributed by atoms with Gasteiger partial charge < -0.3 is 18.3 Å². The fraction of sp³-hybridized carbons (Fsp3) is 0. The Labute approximate surface area is 769 Å². The van der Waals surface area contributed by atoms with Gasteiger partial charge in [-0.3, -0.25) is 9.97 Å². The zero-order valence-electron chi connectivity index (χ0n) is 72.5. The molecular weight excluding hydrogens is 1630 g/mol. The molecule has 0 saturated heterocycles. The van der Waals surface area contributed by atoms with Gasteiger partial charge >= 0.3 is 0 Å². The molecule has 0 aliphatic heterocycles. The lowest BCUT2D eigenvalue weighted by atomic mass is 10.0. The minimum absolute atomic E-state index is 0.719. The minimum Gasteiger partial charge on any atom is -0.309 e. The second-order valence-corrected chi connectivity index (χ2v) is 34.4. The van der Waals surface area contributed by atoms with Crippen molar-refractivity contribution in [3.63, 3.8) is 0 Å². The molecule has 7 heterocycles. The zero-order valence-corrected chi connectivity index (χ0v) is 72.5. The topological polar surface area (TPSA) is 97.1 Å². The van der Waals surface area contributed by atoms with Gasteiger partial charge in [-0.2, -0.15) is 0 Å². The molecule has 10 heteroatoms. The smallest absolute Gasteiger partial charge is 0.160 e. The second-order valence-electron chi connectivity index (χ2n) is 34.4. The van der Waals surface area contributed by atoms with Gasteiger partial charge in [0, 0.05) is 106 Å². The van der Waals surface area contributed by atoms with Gasteiger partial charge in [0.2, 0.25) is 0 Å². The first-order valence-electron chi connectivity index (χ1n) is 45.4. The lowest BCUT2D eigenvalue weighted by Crippen LogP contribution is -1.99. The maximum absolute atomic E-state index is 5.29. The number of nitrogens with zero attached hydrogens (tertiary/aromatic N) is 10. The summed E-state index contributed by atoms with van der Waals surface area (Å²) in [6, 6.07) is 164. The number of para-hydroxylation sites is 1. The maximum Gasteiger partial charge on any atom is 0.160 e. The Morgan fingerprint density at radius 1 is 0.149 bits per heavy atom. The summed E-state index contributed by atoms with van der Waals surface area (Å²) in [7, 11) is 0. The van der Waals surface area contributed by atoms with Crippen LogP contribution in [-0.4, -0.2) is 48.2 Å². The van der Waals surface area contributed by atoms with E-state index in [-0.39, 0.29) is 0 Å². The van der Waals surface area contributed by atoms with Crippen molar-refractivity contribution >= 4 is 163 Å². The number of benzene rings is 21. The number of fused-ring (bicyclic) bond motifs is 23. The number of hydrogen-bond donors (Lipinski definition) is 0. The molecule has 21 aromatic carbocycles. The van der Waals surface area contributed by atoms with E-state index in [1.54, 1.807) is 12.4 Å². The third-order valence-corrected chi connectivity index (χ3v) is 26.7. The van der Waals surface area contributed by atoms with Gasteiger partial charge in [0.15, 0.2) is 5.82 Å². The molecule has 0 spiro atoms. The van der Waals surface area contributed by atoms with E-state index in [0.29, 0.717) is 0 Å². The number of aromatic nitrogens is 10. The molecule has 624 valence electrons. The van der Waals surface area contributed by atoms with Crippen molar-refractivity contribution in [3.8, 4) is 90.2 Å². The quantitative estimate of drug-likeness (QED) is 0.135. The SMILES string of the molecule is c1ccc(-c2ccc3c4c5ccccc5ccc4n(-c4ccc5nc(-c6ccccc6)c(-c6ccccc6)nc5c4)c3c2)cc1.c1ccc(-c2ccc3c4c5ccccc5ccc4n(-c4ccc5nccnc5c4)c3c2)cc1.c1ccc(-c2nc(-c3ccccc3)c3cc(-n4c5cc6c(cc5c5c7ccccc7ccc54)c4c5ccccc5ccc4n6-c4ccccc4)ccc3n2)cc1. The average Bonchev–Trinajstić information content (AvgIpc) is 1.54. The first kappa shape index (κ1) is 77.1. The molecular formula is C124H78N10. The summed E-state index contributed by atoms with van der Waals surface area (Å²) in [4.78, 5) is 29.9. The number of hydrogen-bond acceptors (Lipinski definition) is 6. The summed E-state index contributed by atoms with van der Waals surface area (Å²) in [5.74, 6) is 0.719. The maximum atomic E-state index is 5.29. The molecule has 28 rings (SSSR count). The largest absolute Gasteiger partial charge is 0.309 e. The van der Waals surface area contributed by atoms with E-state index >= 15 is 0 Å². The van der Waals surface area contributed by atoms with Crippen LogP contribution in [0.25, 0.3) is 253 Å². The molecule has 0 unspecified atom stereocenters. The van der Waals surface area contributed by atoms with Crippen molar-refractivity contribution in [2.75, 3.05) is 0 Å². The molecule has 0 bridgehead atoms. The van der Waals surface area contributed by atoms with Crippen LogP contribution in [0.5, 0.6) is 0 Å². The van der Waals surface area contributed by atoms with Crippen molar-refractivity contribution in [1.29, 1.82) is 0 Å². The second kappa shape index (κ2) is 32.0. The Morgan fingerprint density at radius 2 is 0.485 bits per heavy atom. The predicted octanol–water partition coefficient (Wildman–Crippen LogP) is 31.9. The van der Waals surface area contributed by atoms with Crippen molar-refractivity contribution in [1.82, 2.24) is 48.2 Å². The summed E-state index contributed by atoms with van der Waals surface area (Å²) in [5, 5.41) is 21.0. The highest BCUT2D eigenvalue weighted by Gasteiger charge is 2.26. The van der Waals surface area contributed by atoms with Crippen molar-refractivity contribution in [3.05, 3.63) is 473 Å². The molecule has 0 fully saturated rings. The van der Waals surface area contributed by atoms with Crippen LogP contribution in [0, 0.1) is 0 Å². The van der Waals surface area contributed by atoms with Gasteiger partial charge in [0.1, 0.15) is 0 Å². The minimum atomic E-state index is 0.719. The third-order valence-electron chi connectivity index (χ3n) is 26.7. The van der Waals surface area contributed by atoms with Crippen LogP contribution in [0.3, 0.4) is 0 Å². The van der Waals surface area contributed by atoms with Gasteiger partial charge in [-0.25, -0.2) is 19.9 Å². The van der Waals surface area contributed by atoms with E-state index in [0.717, 1.165) is 112 Å². The molecule has 134 heavy (non-hydrogen) atoms. The van der Waals surface area contributed by atoms with E-state index in [1.165, 1.54) is 142 Å². The van der Waals surface area contributed by atoms with E-state index < -0.39 is 0 Å². The molecule has 0 N–H and O–H groups in total. The Bertz CT molecular complexity index is 9550. The Kier molecular flexibility index (Phi) is 18.4. The molecule has 0 saturated carbocycles. The Balaban J connectivity index is 0.000000108. The molecule has 28 aromatic rings. The monoisotopic (exact) mass is 1710 g/mol. The molecule has 7 aromatic heterocycles. The highest BCUT2D eigenvalue weighted by atomic mass is 15.0. The van der Waals surface area contributed by atoms with E-state index in [2.05, 4.69) is 459 Å². The zero-order chi connectivity index (χ0) is 88.3. The van der Waals surface area contributed by atoms with Gasteiger partial charge in [0.25, 0.3) is 0 Å². The molecule has 10 nitrogen and oxygen atoms in total. The number of rotatable bonds is 10. The predicted molar refractivity (Wildman–Crippen MR) is 559 cm³/mol. The highest BCUT2D eigenvalue weighted by molar-refractivity contribution is 6.29. The summed E-state index contributed by atoms with van der Waals surface area (Å²) < 4.78 is 9.63. The van der Waals surface area contributed by atoms with Crippen LogP contribution in [0.2, 0.25) is 0 Å². The summed E-state index contributed by atoms with van der Waals surface area (Å²) in [5.41, 5.74) is 29.8. The highest BCUT2D eigenvalue weighted by Crippen LogP contribution is 2.48. The lowest BCUT2D eigenvalue weighted by Gasteiger charge is -2.13. The fourth-order valence-electron chi connectivity index (χ4n) is 20.6. The van der Waals surface area contributed by atoms with Crippen LogP contribution >= 0.6 is 0 Å². The van der Waals surface area contributed by atoms with Crippen molar-refractivity contribution in [2.45, 2.75) is 0 Å². The Morgan fingerprint density at radius 3 is 0.933 bits per heavy atom. The molecule has 0 aliphatic carbocycles. The van der Waals surface area contributed by atoms with E-state index in [4.69, 9.17) is 19.9 Å². The summed E-state index contributed by atoms with van der Waals surface area (Å²) in [6.45, 7) is 0. The van der Waals surface area contributed by atoms with Gasteiger partial charge in [-0.15, -0.1) is 0 Å². The molecule has 0 radical (unpaired) electrons. The Hall–Kier alpha value is -18.1. The van der Waals surface area contributed by atoms with Crippen molar-refractivity contribution in [2.24, 2.45) is 0 Å². The van der Waals surface area contributed by atoms with Crippen LogP contribution < -0.4 is 0 Å². The van der Waals surface area contributed by atoms with Crippen LogP contribution in [0.15, 0.2) is 473 Å². The van der Waals surface area contributed by atoms with Gasteiger partial charge in [-0.05, 0) is 181 Å². The van der Waals surface area contributed by atoms with Crippen molar-refractivity contribution < 1.29 is 0 Å². The first-order valence-corrected chi connectivity index (χ1v) is 45.4. The first-order chi connectivity index (χ1) is 66.5. The summed E-state index contributed by atoms with van der Waals surface area (Å²) in [6.07, 6.45) is 3.49. The third kappa shape index (κ3) is 13.0. The van der Waals surface area contributed by atoms with Crippen LogP contribution in [-0.2, 0) is 0 Å². The van der Waals surface area contributed by atoms with Gasteiger partial charge in [-0.1, -0.05) is 346 Å². The van der Waals surface area contributed by atoms with Gasteiger partial charge in [0.05, 0.1) is 88.8 Å². The summed E-state index contributed by atoms with van der Waals surface area (Å²) >= 11 is 0. The van der Waals surface area contributed by atoms with Crippen LogP contribution in [0.1, 0.15) is 0 Å². The standard InChI is InChI=1S/C52H32N4.C42H27N3.C30H19N3/c1-4-16-35(17-5-1)51-41-30-38(26-27-44(41)53-52(54-51)36-18-6-2-7-19-36)56-46-29-25-34-15-11-13-23-40(34)50(46)43-31-42-47(32-48(43)56)55(37-20-8-3-9-21-37)45-28-24-33-14-10-12-22-39(33)49(42)45;1-4-12-28(13-5-1)32-20-23-35-39(26-32)45(38-25-21-29-14-10-11-19-34(29)40(35)38)33-22-24-36-37(27-33)44-42(31-17-8-3-9-18-31)41(43-36)30-15-6-2-7-16-30;1-2-6-20(7-3-1)22-10-13-25-29(18-22)33(23-12-14-26-27(19-23)32-17-16-31-26)28-15-11-21-8-4-5-9-24(21)30(25)28/h1-32H;1-27H;1-19H. The van der Waals surface area contributed by atoms with Crippen LogP contribution in [0.4, 0.5) is 0 Å². The average molecular weight is 1710 g/mol. The molecule has 0 atom stereocenters. The normalized spacial score (nSPS) is 11.7. The fourth-order valence-corrected chi connectivity index (χ4v) is 20.6. The van der Waals surface area contributed by atoms with E-state index in [1.807, 2.05) is 30.3 Å². The molecule has 0 amide bonds. The van der Waals surface area contributed by atoms with E-state index in [9.17, 15) is 0 Å². The molecule has 0 aliphatic rings.